The molecule has 0 bridgehead atoms. The van der Waals surface area contributed by atoms with Crippen molar-refractivity contribution in [1.29, 1.82) is 0 Å². The van der Waals surface area contributed by atoms with Crippen molar-refractivity contribution in [3.8, 4) is 17.2 Å². The van der Waals surface area contributed by atoms with Crippen molar-refractivity contribution in [3.05, 3.63) is 58.6 Å². The molecule has 0 saturated carbocycles. The molecule has 0 spiro atoms. The lowest BCUT2D eigenvalue weighted by Crippen LogP contribution is -2.39. The standard InChI is InChI=1S/C22H16N2O6S/c23-19-17-15(11-3-1-2-4-12(11)30-22(17)27)16-18(31-19)21(26)24(20(16)25)10-5-6-13-14(9-10)29-8-7-28-13/h1-6,9,15-16,18H,7-8,23H2/t15-,16-,18+/m1/s1. The lowest BCUT2D eigenvalue weighted by Gasteiger charge is -2.36. The van der Waals surface area contributed by atoms with Crippen LogP contribution in [0.25, 0.3) is 0 Å². The Balaban J connectivity index is 1.46. The number of anilines is 1. The van der Waals surface area contributed by atoms with E-state index in [1.165, 1.54) is 4.90 Å². The van der Waals surface area contributed by atoms with Crippen LogP contribution in [0.3, 0.4) is 0 Å². The average Bonchev–Trinajstić information content (AvgIpc) is 3.02. The molecule has 0 radical (unpaired) electrons. The number of para-hydroxylation sites is 1. The van der Waals surface area contributed by atoms with Gasteiger partial charge in [0.15, 0.2) is 11.5 Å². The molecule has 2 aromatic rings. The zero-order chi connectivity index (χ0) is 21.3. The number of nitrogens with two attached hydrogens (primary N) is 1. The molecule has 3 atom stereocenters. The first-order valence-electron chi connectivity index (χ1n) is 9.79. The highest BCUT2D eigenvalue weighted by atomic mass is 32.2. The van der Waals surface area contributed by atoms with Crippen LogP contribution in [0.2, 0.25) is 0 Å². The van der Waals surface area contributed by atoms with E-state index in [1.807, 2.05) is 6.07 Å². The number of ether oxygens (including phenoxy) is 3. The summed E-state index contributed by atoms with van der Waals surface area (Å²) in [5.41, 5.74) is 7.53. The molecular weight excluding hydrogens is 420 g/mol. The zero-order valence-electron chi connectivity index (χ0n) is 16.1. The normalized spacial score (nSPS) is 26.3. The van der Waals surface area contributed by atoms with Gasteiger partial charge in [0.1, 0.15) is 24.2 Å². The van der Waals surface area contributed by atoms with E-state index >= 15 is 0 Å². The molecule has 0 aromatic heterocycles. The van der Waals surface area contributed by atoms with Crippen LogP contribution < -0.4 is 24.8 Å². The molecule has 156 valence electrons. The molecule has 2 amide bonds. The lowest BCUT2D eigenvalue weighted by atomic mass is 9.77. The summed E-state index contributed by atoms with van der Waals surface area (Å²) < 4.78 is 16.6. The molecule has 6 rings (SSSR count). The Bertz CT molecular complexity index is 1210. The van der Waals surface area contributed by atoms with Gasteiger partial charge in [0.05, 0.1) is 22.2 Å². The SMILES string of the molecule is NC1=C2C(=O)Oc3ccccc3[C@@H]2[C@H]2C(=O)N(c3ccc4c(c3)OCCO4)C(=O)[C@H]2S1. The highest BCUT2D eigenvalue weighted by Crippen LogP contribution is 2.54. The van der Waals surface area contributed by atoms with Crippen molar-refractivity contribution in [1.82, 2.24) is 0 Å². The van der Waals surface area contributed by atoms with E-state index in [0.29, 0.717) is 41.7 Å². The number of benzene rings is 2. The van der Waals surface area contributed by atoms with Crippen LogP contribution in [0.4, 0.5) is 5.69 Å². The topological polar surface area (TPSA) is 108 Å². The van der Waals surface area contributed by atoms with Gasteiger partial charge < -0.3 is 19.9 Å². The third-order valence-electron chi connectivity index (χ3n) is 5.95. The quantitative estimate of drug-likeness (QED) is 0.411. The highest BCUT2D eigenvalue weighted by molar-refractivity contribution is 8.04. The van der Waals surface area contributed by atoms with Crippen molar-refractivity contribution in [2.24, 2.45) is 11.7 Å². The van der Waals surface area contributed by atoms with Crippen molar-refractivity contribution >= 4 is 35.2 Å². The van der Waals surface area contributed by atoms with E-state index in [-0.39, 0.29) is 22.4 Å². The maximum absolute atomic E-state index is 13.6. The van der Waals surface area contributed by atoms with Gasteiger partial charge in [-0.3, -0.25) is 9.59 Å². The fraction of sp³-hybridized carbons (Fsp3) is 0.227. The average molecular weight is 436 g/mol. The first kappa shape index (κ1) is 18.3. The minimum Gasteiger partial charge on any atom is -0.486 e. The molecule has 2 aromatic carbocycles. The summed E-state index contributed by atoms with van der Waals surface area (Å²) in [6.45, 7) is 0.837. The maximum atomic E-state index is 13.6. The number of thioether (sulfide) groups is 1. The van der Waals surface area contributed by atoms with Crippen LogP contribution >= 0.6 is 11.8 Å². The van der Waals surface area contributed by atoms with E-state index in [9.17, 15) is 14.4 Å². The van der Waals surface area contributed by atoms with E-state index in [4.69, 9.17) is 19.9 Å². The van der Waals surface area contributed by atoms with Gasteiger partial charge in [-0.25, -0.2) is 9.69 Å². The number of fused-ring (bicyclic) bond motifs is 6. The van der Waals surface area contributed by atoms with E-state index < -0.39 is 23.1 Å². The summed E-state index contributed by atoms with van der Waals surface area (Å²) in [5, 5.41) is -0.510. The number of hydrogen-bond acceptors (Lipinski definition) is 8. The second-order valence-electron chi connectivity index (χ2n) is 7.59. The molecule has 2 N–H and O–H groups in total. The third-order valence-corrected chi connectivity index (χ3v) is 7.17. The molecule has 4 aliphatic rings. The molecule has 1 saturated heterocycles. The van der Waals surface area contributed by atoms with Crippen LogP contribution in [-0.4, -0.2) is 36.2 Å². The largest absolute Gasteiger partial charge is 0.486 e. The van der Waals surface area contributed by atoms with E-state index in [0.717, 1.165) is 11.8 Å². The molecule has 9 heteroatoms. The Morgan fingerprint density at radius 2 is 1.71 bits per heavy atom. The Morgan fingerprint density at radius 1 is 0.935 bits per heavy atom. The summed E-state index contributed by atoms with van der Waals surface area (Å²) in [6, 6.07) is 12.0. The smallest absolute Gasteiger partial charge is 0.342 e. The van der Waals surface area contributed by atoms with Gasteiger partial charge in [-0.05, 0) is 18.2 Å². The van der Waals surface area contributed by atoms with Crippen molar-refractivity contribution < 1.29 is 28.6 Å². The Labute approximate surface area is 180 Å². The number of esters is 1. The molecule has 4 heterocycles. The summed E-state index contributed by atoms with van der Waals surface area (Å²) >= 11 is 1.05. The van der Waals surface area contributed by atoms with E-state index in [2.05, 4.69) is 0 Å². The summed E-state index contributed by atoms with van der Waals surface area (Å²) in [6.07, 6.45) is 0. The van der Waals surface area contributed by atoms with Crippen molar-refractivity contribution in [2.45, 2.75) is 11.2 Å². The van der Waals surface area contributed by atoms with Gasteiger partial charge in [-0.15, -0.1) is 0 Å². The van der Waals surface area contributed by atoms with Gasteiger partial charge in [0.25, 0.3) is 0 Å². The van der Waals surface area contributed by atoms with Gasteiger partial charge in [-0.2, -0.15) is 0 Å². The number of carbonyl (C=O) groups excluding carboxylic acids is 3. The van der Waals surface area contributed by atoms with Crippen molar-refractivity contribution in [2.75, 3.05) is 18.1 Å². The van der Waals surface area contributed by atoms with Crippen LogP contribution in [0, 0.1) is 5.92 Å². The number of amides is 2. The first-order chi connectivity index (χ1) is 15.0. The summed E-state index contributed by atoms with van der Waals surface area (Å²) in [5.74, 6) is -1.28. The first-order valence-corrected chi connectivity index (χ1v) is 10.7. The molecular formula is C22H16N2O6S. The number of carbonyl (C=O) groups is 3. The molecule has 0 aliphatic carbocycles. The second-order valence-corrected chi connectivity index (χ2v) is 8.77. The van der Waals surface area contributed by atoms with Gasteiger partial charge in [0, 0.05) is 17.5 Å². The Hall–Kier alpha value is -3.46. The molecule has 4 aliphatic heterocycles. The van der Waals surface area contributed by atoms with Crippen molar-refractivity contribution in [3.63, 3.8) is 0 Å². The molecule has 1 fully saturated rings. The van der Waals surface area contributed by atoms with Gasteiger partial charge in [0.2, 0.25) is 11.8 Å². The van der Waals surface area contributed by atoms with Gasteiger partial charge in [-0.1, -0.05) is 30.0 Å². The Morgan fingerprint density at radius 3 is 2.55 bits per heavy atom. The fourth-order valence-electron chi connectivity index (χ4n) is 4.63. The number of hydrogen-bond donors (Lipinski definition) is 1. The van der Waals surface area contributed by atoms with Crippen LogP contribution in [0.1, 0.15) is 11.5 Å². The van der Waals surface area contributed by atoms with E-state index in [1.54, 1.807) is 36.4 Å². The predicted octanol–water partition coefficient (Wildman–Crippen LogP) is 1.94. The second kappa shape index (κ2) is 6.52. The predicted molar refractivity (Wildman–Crippen MR) is 111 cm³/mol. The molecule has 0 unspecified atom stereocenters. The van der Waals surface area contributed by atoms with Crippen LogP contribution in [0.5, 0.6) is 17.2 Å². The fourth-order valence-corrected chi connectivity index (χ4v) is 5.87. The van der Waals surface area contributed by atoms with Crippen LogP contribution in [0.15, 0.2) is 53.1 Å². The summed E-state index contributed by atoms with van der Waals surface area (Å²) in [4.78, 5) is 40.8. The third kappa shape index (κ3) is 2.53. The van der Waals surface area contributed by atoms with Crippen LogP contribution in [-0.2, 0) is 14.4 Å². The lowest BCUT2D eigenvalue weighted by molar-refractivity contribution is -0.131. The number of rotatable bonds is 1. The molecule has 8 nitrogen and oxygen atoms in total. The van der Waals surface area contributed by atoms with Gasteiger partial charge >= 0.3 is 5.97 Å². The minimum absolute atomic E-state index is 0.218. The zero-order valence-corrected chi connectivity index (χ0v) is 16.9. The Kier molecular flexibility index (Phi) is 3.85. The highest BCUT2D eigenvalue weighted by Gasteiger charge is 2.58. The minimum atomic E-state index is -0.762. The molecule has 31 heavy (non-hydrogen) atoms. The maximum Gasteiger partial charge on any atom is 0.342 e. The monoisotopic (exact) mass is 436 g/mol. The number of imide groups is 1. The number of nitrogens with zero attached hydrogens (tertiary/aromatic N) is 1. The summed E-state index contributed by atoms with van der Waals surface area (Å²) in [7, 11) is 0.